The molecule has 0 spiro atoms. The van der Waals surface area contributed by atoms with Gasteiger partial charge in [0.05, 0.1) is 0 Å². The van der Waals surface area contributed by atoms with Gasteiger partial charge in [0.15, 0.2) is 0 Å². The minimum absolute atomic E-state index is 0.0429. The summed E-state index contributed by atoms with van der Waals surface area (Å²) in [5.41, 5.74) is -1.11. The average molecular weight is 239 g/mol. The second-order valence-corrected chi connectivity index (χ2v) is 4.87. The van der Waals surface area contributed by atoms with E-state index in [2.05, 4.69) is 11.9 Å². The minimum Gasteiger partial charge on any atom is -0.479 e. The van der Waals surface area contributed by atoms with Gasteiger partial charge in [-0.1, -0.05) is 12.7 Å². The smallest absolute Gasteiger partial charge is 0.408 e. The molecule has 2 rings (SSSR count). The summed E-state index contributed by atoms with van der Waals surface area (Å²) in [4.78, 5) is 22.9. The molecule has 1 amide bonds. The second kappa shape index (κ2) is 4.39. The SMILES string of the molecule is C=CCOC(=O)N[C@@]1(C(=O)O)C[C@@H]2CC[C@H]1C2. The fraction of sp³-hybridized carbons (Fsp3) is 0.667. The molecule has 0 aromatic carbocycles. The van der Waals surface area contributed by atoms with E-state index in [0.29, 0.717) is 12.3 Å². The zero-order valence-corrected chi connectivity index (χ0v) is 9.65. The summed E-state index contributed by atoms with van der Waals surface area (Å²) < 4.78 is 4.80. The zero-order valence-electron chi connectivity index (χ0n) is 9.65. The summed E-state index contributed by atoms with van der Waals surface area (Å²) in [6.45, 7) is 3.53. The number of fused-ring (bicyclic) bond motifs is 2. The van der Waals surface area contributed by atoms with Crippen molar-refractivity contribution in [2.45, 2.75) is 31.2 Å². The number of nitrogens with one attached hydrogen (secondary N) is 1. The van der Waals surface area contributed by atoms with Crippen molar-refractivity contribution in [1.82, 2.24) is 5.32 Å². The first-order valence-corrected chi connectivity index (χ1v) is 5.87. The van der Waals surface area contributed by atoms with Gasteiger partial charge in [0, 0.05) is 0 Å². The van der Waals surface area contributed by atoms with Gasteiger partial charge in [-0.2, -0.15) is 0 Å². The van der Waals surface area contributed by atoms with Crippen LogP contribution >= 0.6 is 0 Å². The number of carboxylic acid groups (broad SMARTS) is 1. The van der Waals surface area contributed by atoms with Crippen LogP contribution in [-0.2, 0) is 9.53 Å². The molecule has 2 fully saturated rings. The van der Waals surface area contributed by atoms with E-state index in [4.69, 9.17) is 4.74 Å². The number of alkyl carbamates (subject to hydrolysis) is 1. The van der Waals surface area contributed by atoms with Crippen molar-refractivity contribution in [3.05, 3.63) is 12.7 Å². The Morgan fingerprint density at radius 2 is 2.29 bits per heavy atom. The predicted molar refractivity (Wildman–Crippen MR) is 60.5 cm³/mol. The number of hydrogen-bond acceptors (Lipinski definition) is 3. The van der Waals surface area contributed by atoms with Crippen LogP contribution in [0.4, 0.5) is 4.79 Å². The Bertz CT molecular complexity index is 354. The number of carbonyl (C=O) groups excluding carboxylic acids is 1. The molecule has 2 bridgehead atoms. The molecule has 0 aromatic heterocycles. The third-order valence-corrected chi connectivity index (χ3v) is 3.89. The quantitative estimate of drug-likeness (QED) is 0.730. The molecule has 94 valence electrons. The Kier molecular flexibility index (Phi) is 3.09. The Balaban J connectivity index is 2.06. The van der Waals surface area contributed by atoms with Crippen molar-refractivity contribution in [1.29, 1.82) is 0 Å². The monoisotopic (exact) mass is 239 g/mol. The van der Waals surface area contributed by atoms with Gasteiger partial charge in [-0.3, -0.25) is 0 Å². The van der Waals surface area contributed by atoms with Gasteiger partial charge in [0.25, 0.3) is 0 Å². The summed E-state index contributed by atoms with van der Waals surface area (Å²) in [5, 5.41) is 11.9. The van der Waals surface area contributed by atoms with Crippen molar-refractivity contribution < 1.29 is 19.4 Å². The second-order valence-electron chi connectivity index (χ2n) is 4.87. The third kappa shape index (κ3) is 2.01. The van der Waals surface area contributed by atoms with Crippen LogP contribution in [0.1, 0.15) is 25.7 Å². The maximum absolute atomic E-state index is 11.5. The van der Waals surface area contributed by atoms with E-state index in [1.165, 1.54) is 6.08 Å². The molecular formula is C12H17NO4. The highest BCUT2D eigenvalue weighted by atomic mass is 16.5. The van der Waals surface area contributed by atoms with Crippen LogP contribution in [-0.4, -0.2) is 29.3 Å². The van der Waals surface area contributed by atoms with E-state index >= 15 is 0 Å². The maximum Gasteiger partial charge on any atom is 0.408 e. The van der Waals surface area contributed by atoms with Crippen LogP contribution in [0.5, 0.6) is 0 Å². The third-order valence-electron chi connectivity index (χ3n) is 3.89. The van der Waals surface area contributed by atoms with Gasteiger partial charge < -0.3 is 15.2 Å². The van der Waals surface area contributed by atoms with E-state index in [-0.39, 0.29) is 12.5 Å². The number of ether oxygens (including phenoxy) is 1. The van der Waals surface area contributed by atoms with Crippen LogP contribution in [0, 0.1) is 11.8 Å². The lowest BCUT2D eigenvalue weighted by Gasteiger charge is -2.33. The summed E-state index contributed by atoms with van der Waals surface area (Å²) >= 11 is 0. The van der Waals surface area contributed by atoms with Gasteiger partial charge in [0.1, 0.15) is 12.1 Å². The number of hydrogen-bond donors (Lipinski definition) is 2. The van der Waals surface area contributed by atoms with Crippen molar-refractivity contribution >= 4 is 12.1 Å². The normalized spacial score (nSPS) is 34.4. The zero-order chi connectivity index (χ0) is 12.5. The van der Waals surface area contributed by atoms with E-state index in [1.54, 1.807) is 0 Å². The van der Waals surface area contributed by atoms with Crippen LogP contribution in [0.3, 0.4) is 0 Å². The molecule has 17 heavy (non-hydrogen) atoms. The van der Waals surface area contributed by atoms with Gasteiger partial charge in [-0.15, -0.1) is 0 Å². The van der Waals surface area contributed by atoms with Gasteiger partial charge in [-0.05, 0) is 37.5 Å². The molecule has 0 radical (unpaired) electrons. The fourth-order valence-electron chi connectivity index (χ4n) is 3.15. The molecular weight excluding hydrogens is 222 g/mol. The Hall–Kier alpha value is -1.52. The molecule has 2 aliphatic rings. The van der Waals surface area contributed by atoms with Crippen molar-refractivity contribution in [2.24, 2.45) is 11.8 Å². The molecule has 0 unspecified atom stereocenters. The first kappa shape index (κ1) is 12.0. The highest BCUT2D eigenvalue weighted by Gasteiger charge is 2.57. The Labute approximate surface area is 99.8 Å². The number of carbonyl (C=O) groups is 2. The van der Waals surface area contributed by atoms with Crippen LogP contribution < -0.4 is 5.32 Å². The number of aliphatic carboxylic acids is 1. The lowest BCUT2D eigenvalue weighted by atomic mass is 9.81. The molecule has 2 saturated carbocycles. The Morgan fingerprint density at radius 3 is 2.76 bits per heavy atom. The highest BCUT2D eigenvalue weighted by molar-refractivity contribution is 5.85. The van der Waals surface area contributed by atoms with E-state index < -0.39 is 17.6 Å². The standard InChI is InChI=1S/C12H17NO4/c1-2-5-17-11(16)13-12(10(14)15)7-8-3-4-9(12)6-8/h2,8-9H,1,3-7H2,(H,13,16)(H,14,15)/t8-,9+,12+/m1/s1. The van der Waals surface area contributed by atoms with Crippen molar-refractivity contribution in [2.75, 3.05) is 6.61 Å². The van der Waals surface area contributed by atoms with E-state index in [9.17, 15) is 14.7 Å². The van der Waals surface area contributed by atoms with Gasteiger partial charge in [0.2, 0.25) is 0 Å². The maximum atomic E-state index is 11.5. The molecule has 5 heteroatoms. The van der Waals surface area contributed by atoms with E-state index in [1.807, 2.05) is 0 Å². The topological polar surface area (TPSA) is 75.6 Å². The Morgan fingerprint density at radius 1 is 1.53 bits per heavy atom. The number of rotatable bonds is 4. The fourth-order valence-corrected chi connectivity index (χ4v) is 3.15. The van der Waals surface area contributed by atoms with Crippen LogP contribution in [0.2, 0.25) is 0 Å². The minimum atomic E-state index is -1.11. The molecule has 3 atom stereocenters. The molecule has 2 aliphatic carbocycles. The summed E-state index contributed by atoms with van der Waals surface area (Å²) in [6.07, 6.45) is 4.15. The number of carboxylic acids is 1. The summed E-state index contributed by atoms with van der Waals surface area (Å²) in [5.74, 6) is -0.475. The predicted octanol–water partition coefficient (Wildman–Crippen LogP) is 1.54. The molecule has 0 aliphatic heterocycles. The largest absolute Gasteiger partial charge is 0.479 e. The molecule has 0 aromatic rings. The highest BCUT2D eigenvalue weighted by Crippen LogP contribution is 2.50. The van der Waals surface area contributed by atoms with Crippen molar-refractivity contribution in [3.8, 4) is 0 Å². The molecule has 0 saturated heterocycles. The van der Waals surface area contributed by atoms with Crippen LogP contribution in [0.15, 0.2) is 12.7 Å². The summed E-state index contributed by atoms with van der Waals surface area (Å²) in [6, 6.07) is 0. The summed E-state index contributed by atoms with van der Waals surface area (Å²) in [7, 11) is 0. The van der Waals surface area contributed by atoms with E-state index in [0.717, 1.165) is 19.3 Å². The number of amides is 1. The lowest BCUT2D eigenvalue weighted by Crippen LogP contribution is -2.58. The molecule has 5 nitrogen and oxygen atoms in total. The average Bonchev–Trinajstić information content (AvgIpc) is 2.86. The lowest BCUT2D eigenvalue weighted by molar-refractivity contribution is -0.147. The first-order valence-electron chi connectivity index (χ1n) is 5.87. The molecule has 2 N–H and O–H groups in total. The molecule has 0 heterocycles. The first-order chi connectivity index (χ1) is 8.08. The van der Waals surface area contributed by atoms with Gasteiger partial charge in [-0.25, -0.2) is 9.59 Å². The van der Waals surface area contributed by atoms with Crippen molar-refractivity contribution in [3.63, 3.8) is 0 Å². The van der Waals surface area contributed by atoms with Gasteiger partial charge >= 0.3 is 12.1 Å². The van der Waals surface area contributed by atoms with Crippen LogP contribution in [0.25, 0.3) is 0 Å².